The minimum absolute atomic E-state index is 0.0466. The summed E-state index contributed by atoms with van der Waals surface area (Å²) in [5.41, 5.74) is 1.16. The molecular weight excluding hydrogens is 473 g/mol. The first kappa shape index (κ1) is 24.9. The molecule has 2 amide bonds. The maximum absolute atomic E-state index is 13.3. The lowest BCUT2D eigenvalue weighted by atomic mass is 10.1. The van der Waals surface area contributed by atoms with Crippen LogP contribution < -0.4 is 14.9 Å². The lowest BCUT2D eigenvalue weighted by Crippen LogP contribution is -2.44. The average Bonchev–Trinajstić information content (AvgIpc) is 3.39. The van der Waals surface area contributed by atoms with Crippen LogP contribution in [0.15, 0.2) is 47.4 Å². The van der Waals surface area contributed by atoms with E-state index in [2.05, 4.69) is 10.0 Å². The Bertz CT molecular complexity index is 1180. The summed E-state index contributed by atoms with van der Waals surface area (Å²) in [6.07, 6.45) is 1.93. The van der Waals surface area contributed by atoms with E-state index in [1.54, 1.807) is 24.1 Å². The highest BCUT2D eigenvalue weighted by Gasteiger charge is 2.25. The van der Waals surface area contributed by atoms with Gasteiger partial charge in [-0.15, -0.1) is 0 Å². The van der Waals surface area contributed by atoms with Crippen molar-refractivity contribution in [3.63, 3.8) is 0 Å². The topological polar surface area (TPSA) is 102 Å². The van der Waals surface area contributed by atoms with Crippen molar-refractivity contribution in [3.05, 3.63) is 53.8 Å². The molecule has 0 radical (unpaired) electrons. The highest BCUT2D eigenvalue weighted by Crippen LogP contribution is 2.30. The first-order valence-electron chi connectivity index (χ1n) is 11.7. The van der Waals surface area contributed by atoms with Crippen LogP contribution in [0.2, 0.25) is 0 Å². The Hall–Kier alpha value is -3.18. The number of carbonyl (C=O) groups excluding carboxylic acids is 2. The number of likely N-dealkylation sites (tertiary alicyclic amines) is 1. The summed E-state index contributed by atoms with van der Waals surface area (Å²) < 4.78 is 42.0. The molecule has 35 heavy (non-hydrogen) atoms. The lowest BCUT2D eigenvalue weighted by molar-refractivity contribution is -0.130. The van der Waals surface area contributed by atoms with Gasteiger partial charge >= 0.3 is 0 Å². The van der Waals surface area contributed by atoms with Crippen molar-refractivity contribution in [2.75, 3.05) is 62.5 Å². The summed E-state index contributed by atoms with van der Waals surface area (Å²) in [6, 6.07) is 9.40. The van der Waals surface area contributed by atoms with Gasteiger partial charge in [-0.2, -0.15) is 0 Å². The van der Waals surface area contributed by atoms with Crippen LogP contribution >= 0.6 is 0 Å². The maximum Gasteiger partial charge on any atom is 0.261 e. The van der Waals surface area contributed by atoms with E-state index >= 15 is 0 Å². The van der Waals surface area contributed by atoms with Gasteiger partial charge in [0, 0.05) is 51.9 Å². The molecule has 188 valence electrons. The third-order valence-corrected chi connectivity index (χ3v) is 7.63. The Morgan fingerprint density at radius 3 is 2.34 bits per heavy atom. The fourth-order valence-corrected chi connectivity index (χ4v) is 5.38. The fourth-order valence-electron chi connectivity index (χ4n) is 4.31. The number of piperazine rings is 1. The van der Waals surface area contributed by atoms with E-state index in [1.807, 2.05) is 4.90 Å². The number of benzene rings is 2. The molecule has 2 aliphatic heterocycles. The Kier molecular flexibility index (Phi) is 7.56. The molecule has 2 heterocycles. The quantitative estimate of drug-likeness (QED) is 0.597. The molecule has 0 atom stereocenters. The van der Waals surface area contributed by atoms with Crippen molar-refractivity contribution in [3.8, 4) is 0 Å². The second-order valence-corrected chi connectivity index (χ2v) is 10.5. The van der Waals surface area contributed by atoms with Crippen molar-refractivity contribution in [2.45, 2.75) is 17.7 Å². The van der Waals surface area contributed by atoms with Gasteiger partial charge in [0.2, 0.25) is 5.91 Å². The van der Waals surface area contributed by atoms with Gasteiger partial charge in [-0.1, -0.05) is 0 Å². The number of amides is 2. The monoisotopic (exact) mass is 503 g/mol. The predicted molar refractivity (Wildman–Crippen MR) is 132 cm³/mol. The zero-order chi connectivity index (χ0) is 25.0. The molecule has 0 saturated carbocycles. The molecule has 2 aliphatic rings. The van der Waals surface area contributed by atoms with E-state index in [4.69, 9.17) is 0 Å². The molecule has 2 fully saturated rings. The van der Waals surface area contributed by atoms with E-state index in [-0.39, 0.29) is 34.5 Å². The smallest absolute Gasteiger partial charge is 0.261 e. The number of halogens is 1. The average molecular weight is 504 g/mol. The van der Waals surface area contributed by atoms with Crippen LogP contribution in [0.5, 0.6) is 0 Å². The number of anilines is 2. The molecule has 4 rings (SSSR count). The number of nitrogens with zero attached hydrogens (tertiary/aromatic N) is 3. The van der Waals surface area contributed by atoms with E-state index < -0.39 is 15.8 Å². The molecule has 0 spiro atoms. The zero-order valence-electron chi connectivity index (χ0n) is 19.7. The molecule has 0 aromatic heterocycles. The van der Waals surface area contributed by atoms with Gasteiger partial charge in [0.25, 0.3) is 15.9 Å². The fraction of sp³-hybridized carbons (Fsp3) is 0.417. The van der Waals surface area contributed by atoms with Gasteiger partial charge in [-0.3, -0.25) is 14.3 Å². The number of sulfonamides is 1. The van der Waals surface area contributed by atoms with E-state index in [0.29, 0.717) is 31.9 Å². The number of likely N-dealkylation sites (N-methyl/N-ethyl adjacent to an activating group) is 1. The molecule has 2 aromatic rings. The number of rotatable bonds is 7. The lowest BCUT2D eigenvalue weighted by Gasteiger charge is -2.31. The standard InChI is InChI=1S/C24H30FN5O4S/c1-28(17-23(31)30-12-2-3-13-30)24(32)18-4-9-22(29-14-10-26-11-15-29)21(16-18)27-35(33,34)20-7-5-19(25)6-8-20/h4-9,16,26-27H,2-3,10-15,17H2,1H3. The summed E-state index contributed by atoms with van der Waals surface area (Å²) in [6.45, 7) is 4.18. The van der Waals surface area contributed by atoms with Crippen LogP contribution in [-0.2, 0) is 14.8 Å². The minimum Gasteiger partial charge on any atom is -0.367 e. The van der Waals surface area contributed by atoms with Crippen LogP contribution in [0.1, 0.15) is 23.2 Å². The SMILES string of the molecule is CN(CC(=O)N1CCCC1)C(=O)c1ccc(N2CCNCC2)c(NS(=O)(=O)c2ccc(F)cc2)c1. The Balaban J connectivity index is 1.60. The second-order valence-electron chi connectivity index (χ2n) is 8.78. The van der Waals surface area contributed by atoms with Crippen LogP contribution in [0, 0.1) is 5.82 Å². The molecule has 2 aromatic carbocycles. The first-order chi connectivity index (χ1) is 16.7. The molecule has 11 heteroatoms. The van der Waals surface area contributed by atoms with E-state index in [1.165, 1.54) is 23.1 Å². The van der Waals surface area contributed by atoms with Crippen molar-refractivity contribution < 1.29 is 22.4 Å². The van der Waals surface area contributed by atoms with Crippen LogP contribution in [0.4, 0.5) is 15.8 Å². The van der Waals surface area contributed by atoms with E-state index in [9.17, 15) is 22.4 Å². The van der Waals surface area contributed by atoms with Gasteiger partial charge in [-0.05, 0) is 55.3 Å². The minimum atomic E-state index is -4.03. The number of hydrogen-bond acceptors (Lipinski definition) is 6. The highest BCUT2D eigenvalue weighted by atomic mass is 32.2. The van der Waals surface area contributed by atoms with Crippen molar-refractivity contribution >= 4 is 33.2 Å². The molecule has 9 nitrogen and oxygen atoms in total. The first-order valence-corrected chi connectivity index (χ1v) is 13.1. The van der Waals surface area contributed by atoms with Gasteiger partial charge in [-0.25, -0.2) is 12.8 Å². The maximum atomic E-state index is 13.3. The summed E-state index contributed by atoms with van der Waals surface area (Å²) in [5.74, 6) is -1.02. The molecule has 2 N–H and O–H groups in total. The zero-order valence-corrected chi connectivity index (χ0v) is 20.5. The summed E-state index contributed by atoms with van der Waals surface area (Å²) in [7, 11) is -2.47. The molecule has 0 unspecified atom stereocenters. The van der Waals surface area contributed by atoms with Crippen molar-refractivity contribution in [1.29, 1.82) is 0 Å². The second kappa shape index (κ2) is 10.6. The van der Waals surface area contributed by atoms with Crippen LogP contribution in [0.3, 0.4) is 0 Å². The summed E-state index contributed by atoms with van der Waals surface area (Å²) in [5, 5.41) is 3.26. The Labute approximate surface area is 204 Å². The third kappa shape index (κ3) is 5.91. The van der Waals surface area contributed by atoms with Crippen molar-refractivity contribution in [1.82, 2.24) is 15.1 Å². The summed E-state index contributed by atoms with van der Waals surface area (Å²) >= 11 is 0. The van der Waals surface area contributed by atoms with Gasteiger partial charge in [0.15, 0.2) is 0 Å². The molecular formula is C24H30FN5O4S. The van der Waals surface area contributed by atoms with Crippen LogP contribution in [0.25, 0.3) is 0 Å². The number of hydrogen-bond donors (Lipinski definition) is 2. The summed E-state index contributed by atoms with van der Waals surface area (Å²) in [4.78, 5) is 30.7. The van der Waals surface area contributed by atoms with Gasteiger partial charge < -0.3 is 20.0 Å². The number of nitrogens with one attached hydrogen (secondary N) is 2. The molecule has 0 aliphatic carbocycles. The predicted octanol–water partition coefficient (Wildman–Crippen LogP) is 1.73. The normalized spacial score (nSPS) is 16.3. The highest BCUT2D eigenvalue weighted by molar-refractivity contribution is 7.92. The van der Waals surface area contributed by atoms with Gasteiger partial charge in [0.1, 0.15) is 5.82 Å². The van der Waals surface area contributed by atoms with Gasteiger partial charge in [0.05, 0.1) is 22.8 Å². The van der Waals surface area contributed by atoms with Crippen LogP contribution in [-0.4, -0.2) is 82.9 Å². The van der Waals surface area contributed by atoms with E-state index in [0.717, 1.165) is 38.1 Å². The largest absolute Gasteiger partial charge is 0.367 e. The molecule has 2 saturated heterocycles. The van der Waals surface area contributed by atoms with Crippen molar-refractivity contribution in [2.24, 2.45) is 0 Å². The Morgan fingerprint density at radius 1 is 1.03 bits per heavy atom. The third-order valence-electron chi connectivity index (χ3n) is 6.25. The number of carbonyl (C=O) groups is 2. The Morgan fingerprint density at radius 2 is 1.69 bits per heavy atom. The molecule has 0 bridgehead atoms.